The Morgan fingerprint density at radius 1 is 0.882 bits per heavy atom. The lowest BCUT2D eigenvalue weighted by atomic mass is 9.86. The Bertz CT molecular complexity index is 199. The largest absolute Gasteiger partial charge is 0.369 e. The lowest BCUT2D eigenvalue weighted by Crippen LogP contribution is -2.31. The van der Waals surface area contributed by atoms with Crippen LogP contribution >= 0.6 is 0 Å². The maximum atomic E-state index is 11.1. The second-order valence-corrected chi connectivity index (χ2v) is 5.83. The summed E-state index contributed by atoms with van der Waals surface area (Å²) in [4.78, 5) is 11.1. The maximum Gasteiger partial charge on any atom is 0.223 e. The van der Waals surface area contributed by atoms with Crippen molar-refractivity contribution in [3.63, 3.8) is 0 Å². The number of nitrogens with two attached hydrogens (primary N) is 1. The van der Waals surface area contributed by atoms with E-state index in [0.717, 1.165) is 12.8 Å². The minimum absolute atomic E-state index is 0.169. The van der Waals surface area contributed by atoms with E-state index in [9.17, 15) is 4.79 Å². The molecule has 0 spiro atoms. The molecule has 2 heteroatoms. The zero-order chi connectivity index (χ0) is 13.1. The van der Waals surface area contributed by atoms with E-state index in [1.807, 2.05) is 13.8 Å². The van der Waals surface area contributed by atoms with E-state index in [-0.39, 0.29) is 11.3 Å². The Kier molecular flexibility index (Phi) is 9.20. The Hall–Kier alpha value is -0.530. The normalized spacial score (nSPS) is 11.7. The van der Waals surface area contributed by atoms with Crippen molar-refractivity contribution >= 4 is 5.91 Å². The zero-order valence-corrected chi connectivity index (χ0v) is 12.1. The van der Waals surface area contributed by atoms with Gasteiger partial charge in [0.25, 0.3) is 0 Å². The van der Waals surface area contributed by atoms with Crippen LogP contribution in [0.25, 0.3) is 0 Å². The van der Waals surface area contributed by atoms with E-state index in [4.69, 9.17) is 5.73 Å². The Balaban J connectivity index is 3.27. The average Bonchev–Trinajstić information content (AvgIpc) is 2.26. The van der Waals surface area contributed by atoms with Crippen molar-refractivity contribution in [2.45, 2.75) is 85.0 Å². The first-order chi connectivity index (χ1) is 8.00. The molecule has 0 fully saturated rings. The first-order valence-electron chi connectivity index (χ1n) is 7.30. The first kappa shape index (κ1) is 16.5. The molecule has 0 aromatic carbocycles. The Labute approximate surface area is 107 Å². The van der Waals surface area contributed by atoms with Crippen LogP contribution in [0, 0.1) is 5.41 Å². The van der Waals surface area contributed by atoms with E-state index >= 15 is 0 Å². The van der Waals surface area contributed by atoms with Crippen molar-refractivity contribution in [2.24, 2.45) is 11.1 Å². The van der Waals surface area contributed by atoms with Crippen molar-refractivity contribution in [1.29, 1.82) is 0 Å². The van der Waals surface area contributed by atoms with Gasteiger partial charge in [-0.1, -0.05) is 78.6 Å². The third kappa shape index (κ3) is 9.20. The van der Waals surface area contributed by atoms with Crippen LogP contribution in [0.15, 0.2) is 0 Å². The van der Waals surface area contributed by atoms with E-state index in [2.05, 4.69) is 6.92 Å². The molecular formula is C15H31NO. The molecule has 0 aromatic rings. The summed E-state index contributed by atoms with van der Waals surface area (Å²) in [5.74, 6) is -0.169. The molecule has 0 heterocycles. The molecule has 0 saturated heterocycles. The summed E-state index contributed by atoms with van der Waals surface area (Å²) in [5.41, 5.74) is 5.02. The summed E-state index contributed by atoms with van der Waals surface area (Å²) in [6.45, 7) is 6.14. The van der Waals surface area contributed by atoms with E-state index < -0.39 is 0 Å². The molecule has 2 N–H and O–H groups in total. The molecule has 2 nitrogen and oxygen atoms in total. The van der Waals surface area contributed by atoms with Gasteiger partial charge in [-0.05, 0) is 6.42 Å². The van der Waals surface area contributed by atoms with Crippen LogP contribution in [-0.4, -0.2) is 5.91 Å². The number of carbonyl (C=O) groups is 1. The lowest BCUT2D eigenvalue weighted by Gasteiger charge is -2.19. The van der Waals surface area contributed by atoms with Crippen LogP contribution in [-0.2, 0) is 4.79 Å². The highest BCUT2D eigenvalue weighted by molar-refractivity contribution is 5.79. The Morgan fingerprint density at radius 2 is 1.29 bits per heavy atom. The molecule has 0 atom stereocenters. The number of hydrogen-bond donors (Lipinski definition) is 1. The van der Waals surface area contributed by atoms with E-state index in [1.54, 1.807) is 0 Å². The molecular weight excluding hydrogens is 210 g/mol. The zero-order valence-electron chi connectivity index (χ0n) is 12.1. The van der Waals surface area contributed by atoms with Gasteiger partial charge in [-0.3, -0.25) is 4.79 Å². The van der Waals surface area contributed by atoms with Gasteiger partial charge in [0.05, 0.1) is 0 Å². The van der Waals surface area contributed by atoms with Crippen LogP contribution in [0.3, 0.4) is 0 Å². The first-order valence-corrected chi connectivity index (χ1v) is 7.30. The fourth-order valence-corrected chi connectivity index (χ4v) is 2.00. The molecule has 1 amide bonds. The number of hydrogen-bond acceptors (Lipinski definition) is 1. The maximum absolute atomic E-state index is 11.1. The van der Waals surface area contributed by atoms with Gasteiger partial charge in [-0.25, -0.2) is 0 Å². The van der Waals surface area contributed by atoms with Crippen LogP contribution < -0.4 is 5.73 Å². The van der Waals surface area contributed by atoms with Crippen molar-refractivity contribution in [3.05, 3.63) is 0 Å². The fourth-order valence-electron chi connectivity index (χ4n) is 2.00. The Morgan fingerprint density at radius 3 is 1.71 bits per heavy atom. The van der Waals surface area contributed by atoms with Crippen molar-refractivity contribution in [3.8, 4) is 0 Å². The van der Waals surface area contributed by atoms with E-state index in [0.29, 0.717) is 0 Å². The fraction of sp³-hybridized carbons (Fsp3) is 0.933. The van der Waals surface area contributed by atoms with Gasteiger partial charge < -0.3 is 5.73 Å². The third-order valence-corrected chi connectivity index (χ3v) is 3.57. The van der Waals surface area contributed by atoms with Gasteiger partial charge in [0.2, 0.25) is 5.91 Å². The SMILES string of the molecule is CCCCCCCCCCCC(C)(C)C(N)=O. The summed E-state index contributed by atoms with van der Waals surface area (Å²) >= 11 is 0. The molecule has 0 aliphatic carbocycles. The van der Waals surface area contributed by atoms with E-state index in [1.165, 1.54) is 51.4 Å². The van der Waals surface area contributed by atoms with Crippen molar-refractivity contribution in [2.75, 3.05) is 0 Å². The molecule has 0 saturated carbocycles. The molecule has 0 bridgehead atoms. The highest BCUT2D eigenvalue weighted by Gasteiger charge is 2.23. The molecule has 0 aliphatic rings. The lowest BCUT2D eigenvalue weighted by molar-refractivity contribution is -0.126. The number of primary amides is 1. The molecule has 0 aromatic heterocycles. The van der Waals surface area contributed by atoms with Crippen LogP contribution in [0.2, 0.25) is 0 Å². The summed E-state index contributed by atoms with van der Waals surface area (Å²) in [7, 11) is 0. The summed E-state index contributed by atoms with van der Waals surface area (Å²) in [5, 5.41) is 0. The minimum atomic E-state index is -0.318. The monoisotopic (exact) mass is 241 g/mol. The average molecular weight is 241 g/mol. The quantitative estimate of drug-likeness (QED) is 0.535. The second-order valence-electron chi connectivity index (χ2n) is 5.83. The van der Waals surface area contributed by atoms with Gasteiger partial charge in [0.1, 0.15) is 0 Å². The summed E-state index contributed by atoms with van der Waals surface area (Å²) < 4.78 is 0. The van der Waals surface area contributed by atoms with Crippen molar-refractivity contribution < 1.29 is 4.79 Å². The van der Waals surface area contributed by atoms with Gasteiger partial charge in [0, 0.05) is 5.41 Å². The van der Waals surface area contributed by atoms with Gasteiger partial charge in [0.15, 0.2) is 0 Å². The molecule has 0 radical (unpaired) electrons. The summed E-state index contributed by atoms with van der Waals surface area (Å²) in [6.07, 6.45) is 12.8. The van der Waals surface area contributed by atoms with Crippen molar-refractivity contribution in [1.82, 2.24) is 0 Å². The highest BCUT2D eigenvalue weighted by Crippen LogP contribution is 2.23. The summed E-state index contributed by atoms with van der Waals surface area (Å²) in [6, 6.07) is 0. The van der Waals surface area contributed by atoms with Gasteiger partial charge in [-0.15, -0.1) is 0 Å². The molecule has 17 heavy (non-hydrogen) atoms. The topological polar surface area (TPSA) is 43.1 Å². The molecule has 0 aliphatic heterocycles. The second kappa shape index (κ2) is 9.49. The number of amides is 1. The number of unbranched alkanes of at least 4 members (excludes halogenated alkanes) is 8. The van der Waals surface area contributed by atoms with Crippen LogP contribution in [0.1, 0.15) is 85.0 Å². The highest BCUT2D eigenvalue weighted by atomic mass is 16.1. The van der Waals surface area contributed by atoms with Crippen LogP contribution in [0.5, 0.6) is 0 Å². The van der Waals surface area contributed by atoms with Gasteiger partial charge >= 0.3 is 0 Å². The minimum Gasteiger partial charge on any atom is -0.369 e. The smallest absolute Gasteiger partial charge is 0.223 e. The molecule has 102 valence electrons. The van der Waals surface area contributed by atoms with Crippen LogP contribution in [0.4, 0.5) is 0 Å². The number of carbonyl (C=O) groups excluding carboxylic acids is 1. The predicted octanol–water partition coefficient (Wildman–Crippen LogP) is 4.42. The molecule has 0 unspecified atom stereocenters. The standard InChI is InChI=1S/C15H31NO/c1-4-5-6-7-8-9-10-11-12-13-15(2,3)14(16)17/h4-13H2,1-3H3,(H2,16,17). The van der Waals surface area contributed by atoms with Gasteiger partial charge in [-0.2, -0.15) is 0 Å². The third-order valence-electron chi connectivity index (χ3n) is 3.57. The molecule has 0 rings (SSSR count). The number of rotatable bonds is 11. The predicted molar refractivity (Wildman–Crippen MR) is 74.8 cm³/mol.